The normalized spacial score (nSPS) is 13.7. The fraction of sp³-hybridized carbons (Fsp3) is 0.0612. The van der Waals surface area contributed by atoms with E-state index in [-0.39, 0.29) is 5.41 Å². The van der Waals surface area contributed by atoms with Crippen molar-refractivity contribution < 1.29 is 0 Å². The van der Waals surface area contributed by atoms with Crippen molar-refractivity contribution in [2.75, 3.05) is 0 Å². The molecule has 10 aromatic rings. The second-order valence-corrected chi connectivity index (χ2v) is 14.4. The Labute approximate surface area is 285 Å². The maximum atomic E-state index is 2.46. The van der Waals surface area contributed by atoms with Gasteiger partial charge in [0, 0.05) is 5.41 Å². The van der Waals surface area contributed by atoms with Crippen LogP contribution in [0.5, 0.6) is 0 Å². The lowest BCUT2D eigenvalue weighted by Crippen LogP contribution is -2.15. The van der Waals surface area contributed by atoms with E-state index in [1.54, 1.807) is 0 Å². The predicted molar refractivity (Wildman–Crippen MR) is 211 cm³/mol. The molecular formula is C49H32. The standard InChI is InChI=1S/C49H32/c1-49(2)43-27-23-29-10-3-4-14-35(29)46(43)47-39-17-8-7-16-37(39)42-28-33(22-26-41(42)48(47)49)34-13-5-6-15-36(34)38-24-20-32-19-18-30-11-9-12-31-21-25-40(38)45(32)44(30)31/h3-28H,1-2H3. The van der Waals surface area contributed by atoms with Crippen molar-refractivity contribution in [2.45, 2.75) is 19.3 Å². The zero-order valence-electron chi connectivity index (χ0n) is 27.5. The van der Waals surface area contributed by atoms with Gasteiger partial charge in [0.25, 0.3) is 0 Å². The Morgan fingerprint density at radius 3 is 1.80 bits per heavy atom. The van der Waals surface area contributed by atoms with Crippen LogP contribution >= 0.6 is 0 Å². The van der Waals surface area contributed by atoms with Gasteiger partial charge in [-0.25, -0.2) is 0 Å². The van der Waals surface area contributed by atoms with Gasteiger partial charge >= 0.3 is 0 Å². The summed E-state index contributed by atoms with van der Waals surface area (Å²) in [7, 11) is 0. The lowest BCUT2D eigenvalue weighted by molar-refractivity contribution is 0.667. The van der Waals surface area contributed by atoms with Crippen molar-refractivity contribution >= 4 is 64.6 Å². The molecule has 1 aliphatic rings. The summed E-state index contributed by atoms with van der Waals surface area (Å²) in [6.45, 7) is 4.83. The molecule has 0 amide bonds. The highest BCUT2D eigenvalue weighted by molar-refractivity contribution is 6.26. The molecule has 228 valence electrons. The van der Waals surface area contributed by atoms with Crippen LogP contribution in [-0.4, -0.2) is 0 Å². The molecule has 1 aliphatic carbocycles. The first kappa shape index (κ1) is 27.0. The van der Waals surface area contributed by atoms with Gasteiger partial charge in [-0.1, -0.05) is 166 Å². The molecule has 0 saturated heterocycles. The number of benzene rings is 10. The van der Waals surface area contributed by atoms with E-state index in [1.807, 2.05) is 0 Å². The summed E-state index contributed by atoms with van der Waals surface area (Å²) in [5.74, 6) is 0. The molecule has 0 aliphatic heterocycles. The highest BCUT2D eigenvalue weighted by Gasteiger charge is 2.39. The SMILES string of the molecule is CC1(C)c2ccc3ccccc3c2-c2c1c1ccc(-c3ccccc3-c3ccc4ccc5cccc6ccc3c4c56)cc1c1ccccc21. The average Bonchev–Trinajstić information content (AvgIpc) is 3.40. The van der Waals surface area contributed by atoms with Gasteiger partial charge in [0.1, 0.15) is 0 Å². The molecule has 0 heterocycles. The average molecular weight is 621 g/mol. The lowest BCUT2D eigenvalue weighted by Gasteiger charge is -2.24. The molecule has 49 heavy (non-hydrogen) atoms. The zero-order valence-corrected chi connectivity index (χ0v) is 27.5. The second kappa shape index (κ2) is 9.56. The molecule has 0 unspecified atom stereocenters. The molecule has 0 spiro atoms. The number of rotatable bonds is 2. The number of hydrogen-bond donors (Lipinski definition) is 0. The summed E-state index contributed by atoms with van der Waals surface area (Å²) < 4.78 is 0. The topological polar surface area (TPSA) is 0 Å². The number of fused-ring (bicyclic) bond motifs is 10. The Hall–Kier alpha value is -5.98. The molecule has 0 fully saturated rings. The summed E-state index contributed by atoms with van der Waals surface area (Å²) in [5.41, 5.74) is 10.6. The molecular weight excluding hydrogens is 589 g/mol. The summed E-state index contributed by atoms with van der Waals surface area (Å²) in [4.78, 5) is 0. The van der Waals surface area contributed by atoms with E-state index in [2.05, 4.69) is 172 Å². The Balaban J connectivity index is 1.19. The molecule has 0 N–H and O–H groups in total. The van der Waals surface area contributed by atoms with E-state index in [1.165, 1.54) is 109 Å². The Bertz CT molecular complexity index is 2990. The largest absolute Gasteiger partial charge is 0.0616 e. The van der Waals surface area contributed by atoms with E-state index < -0.39 is 0 Å². The van der Waals surface area contributed by atoms with Crippen LogP contribution in [0.15, 0.2) is 158 Å². The van der Waals surface area contributed by atoms with Gasteiger partial charge < -0.3 is 0 Å². The fourth-order valence-electron chi connectivity index (χ4n) is 9.40. The van der Waals surface area contributed by atoms with Crippen molar-refractivity contribution in [3.8, 4) is 33.4 Å². The second-order valence-electron chi connectivity index (χ2n) is 14.4. The highest BCUT2D eigenvalue weighted by atomic mass is 14.4. The van der Waals surface area contributed by atoms with Crippen LogP contribution in [0, 0.1) is 0 Å². The zero-order chi connectivity index (χ0) is 32.4. The van der Waals surface area contributed by atoms with Crippen LogP contribution in [0.4, 0.5) is 0 Å². The van der Waals surface area contributed by atoms with Gasteiger partial charge in [0.05, 0.1) is 0 Å². The Kier molecular flexibility index (Phi) is 5.27. The van der Waals surface area contributed by atoms with E-state index in [4.69, 9.17) is 0 Å². The minimum Gasteiger partial charge on any atom is -0.0616 e. The van der Waals surface area contributed by atoms with Gasteiger partial charge in [-0.15, -0.1) is 0 Å². The van der Waals surface area contributed by atoms with Crippen molar-refractivity contribution in [3.63, 3.8) is 0 Å². The molecule has 0 saturated carbocycles. The minimum atomic E-state index is -0.127. The van der Waals surface area contributed by atoms with Crippen LogP contribution in [0.3, 0.4) is 0 Å². The first-order chi connectivity index (χ1) is 24.1. The fourth-order valence-corrected chi connectivity index (χ4v) is 9.40. The van der Waals surface area contributed by atoms with Gasteiger partial charge in [-0.05, 0) is 115 Å². The third kappa shape index (κ3) is 3.53. The van der Waals surface area contributed by atoms with Crippen molar-refractivity contribution in [3.05, 3.63) is 169 Å². The first-order valence-corrected chi connectivity index (χ1v) is 17.4. The lowest BCUT2D eigenvalue weighted by atomic mass is 9.78. The maximum Gasteiger partial charge on any atom is 0.0165 e. The van der Waals surface area contributed by atoms with Crippen LogP contribution in [0.2, 0.25) is 0 Å². The quantitative estimate of drug-likeness (QED) is 0.169. The predicted octanol–water partition coefficient (Wildman–Crippen LogP) is 13.7. The van der Waals surface area contributed by atoms with E-state index in [9.17, 15) is 0 Å². The number of hydrogen-bond acceptors (Lipinski definition) is 0. The third-order valence-corrected chi connectivity index (χ3v) is 11.6. The molecule has 0 atom stereocenters. The highest BCUT2D eigenvalue weighted by Crippen LogP contribution is 2.56. The summed E-state index contributed by atoms with van der Waals surface area (Å²) in [6, 6.07) is 59.3. The first-order valence-electron chi connectivity index (χ1n) is 17.4. The molecule has 0 heteroatoms. The summed E-state index contributed by atoms with van der Waals surface area (Å²) in [6.07, 6.45) is 0. The van der Waals surface area contributed by atoms with E-state index in [0.717, 1.165) is 0 Å². The van der Waals surface area contributed by atoms with E-state index >= 15 is 0 Å². The van der Waals surface area contributed by atoms with Gasteiger partial charge in [0.2, 0.25) is 0 Å². The van der Waals surface area contributed by atoms with E-state index in [0.29, 0.717) is 0 Å². The van der Waals surface area contributed by atoms with Crippen molar-refractivity contribution in [1.29, 1.82) is 0 Å². The third-order valence-electron chi connectivity index (χ3n) is 11.6. The Morgan fingerprint density at radius 1 is 0.347 bits per heavy atom. The summed E-state index contributed by atoms with van der Waals surface area (Å²) in [5, 5.41) is 15.9. The van der Waals surface area contributed by atoms with Crippen LogP contribution in [-0.2, 0) is 5.41 Å². The van der Waals surface area contributed by atoms with Gasteiger partial charge in [-0.2, -0.15) is 0 Å². The molecule has 0 bridgehead atoms. The van der Waals surface area contributed by atoms with Crippen LogP contribution in [0.1, 0.15) is 25.0 Å². The smallest absolute Gasteiger partial charge is 0.0165 e. The molecule has 0 radical (unpaired) electrons. The molecule has 10 aromatic carbocycles. The molecule has 0 aromatic heterocycles. The Morgan fingerprint density at radius 2 is 0.959 bits per heavy atom. The maximum absolute atomic E-state index is 2.46. The van der Waals surface area contributed by atoms with Crippen molar-refractivity contribution in [2.24, 2.45) is 0 Å². The molecule has 0 nitrogen and oxygen atoms in total. The van der Waals surface area contributed by atoms with Crippen LogP contribution < -0.4 is 0 Å². The monoisotopic (exact) mass is 620 g/mol. The van der Waals surface area contributed by atoms with Gasteiger partial charge in [-0.3, -0.25) is 0 Å². The van der Waals surface area contributed by atoms with Gasteiger partial charge in [0.15, 0.2) is 0 Å². The minimum absolute atomic E-state index is 0.127. The van der Waals surface area contributed by atoms with Crippen molar-refractivity contribution in [1.82, 2.24) is 0 Å². The van der Waals surface area contributed by atoms with Crippen LogP contribution in [0.25, 0.3) is 98.0 Å². The summed E-state index contributed by atoms with van der Waals surface area (Å²) >= 11 is 0. The molecule has 11 rings (SSSR count).